The first kappa shape index (κ1) is 14.1. The zero-order chi connectivity index (χ0) is 16.4. The van der Waals surface area contributed by atoms with E-state index in [2.05, 4.69) is 29.9 Å². The molecule has 0 saturated heterocycles. The van der Waals surface area contributed by atoms with Gasteiger partial charge in [-0.05, 0) is 77.6 Å². The molecule has 2 unspecified atom stereocenters. The van der Waals surface area contributed by atoms with E-state index < -0.39 is 0 Å². The molecule has 0 spiro atoms. The number of aromatic nitrogens is 1. The van der Waals surface area contributed by atoms with Gasteiger partial charge in [-0.2, -0.15) is 0 Å². The summed E-state index contributed by atoms with van der Waals surface area (Å²) in [4.78, 5) is 0. The Kier molecular flexibility index (Phi) is 2.85. The van der Waals surface area contributed by atoms with E-state index in [1.807, 2.05) is 6.07 Å². The molecule has 1 saturated carbocycles. The lowest BCUT2D eigenvalue weighted by Gasteiger charge is -2.20. The van der Waals surface area contributed by atoms with E-state index in [4.69, 9.17) is 4.74 Å². The van der Waals surface area contributed by atoms with E-state index in [9.17, 15) is 4.39 Å². The summed E-state index contributed by atoms with van der Waals surface area (Å²) in [6.07, 6.45) is 6.02. The van der Waals surface area contributed by atoms with E-state index in [1.165, 1.54) is 42.8 Å². The van der Waals surface area contributed by atoms with Crippen molar-refractivity contribution >= 4 is 10.9 Å². The summed E-state index contributed by atoms with van der Waals surface area (Å²) >= 11 is 0. The lowest BCUT2D eigenvalue weighted by Crippen LogP contribution is -2.02. The van der Waals surface area contributed by atoms with E-state index in [1.54, 1.807) is 17.7 Å². The van der Waals surface area contributed by atoms with Crippen molar-refractivity contribution < 1.29 is 9.13 Å². The van der Waals surface area contributed by atoms with Gasteiger partial charge in [-0.3, -0.25) is 0 Å². The van der Waals surface area contributed by atoms with Crippen LogP contribution < -0.4 is 4.74 Å². The molecule has 3 aromatic rings. The van der Waals surface area contributed by atoms with E-state index in [0.717, 1.165) is 11.1 Å². The van der Waals surface area contributed by atoms with Crippen molar-refractivity contribution in [2.45, 2.75) is 31.1 Å². The first-order valence-electron chi connectivity index (χ1n) is 8.63. The van der Waals surface area contributed by atoms with Crippen LogP contribution in [0.25, 0.3) is 22.0 Å². The predicted molar refractivity (Wildman–Crippen MR) is 94.2 cm³/mol. The Labute approximate surface area is 140 Å². The van der Waals surface area contributed by atoms with Gasteiger partial charge in [-0.25, -0.2) is 4.39 Å². The molecule has 1 fully saturated rings. The second-order valence-electron chi connectivity index (χ2n) is 7.17. The Hall–Kier alpha value is -2.29. The monoisotopic (exact) mass is 321 g/mol. The number of methoxy groups -OCH3 is 1. The van der Waals surface area contributed by atoms with Crippen molar-refractivity contribution in [1.29, 1.82) is 0 Å². The van der Waals surface area contributed by atoms with Crippen LogP contribution >= 0.6 is 0 Å². The van der Waals surface area contributed by atoms with Gasteiger partial charge in [0.2, 0.25) is 0 Å². The van der Waals surface area contributed by atoms with E-state index in [-0.39, 0.29) is 5.82 Å². The molecule has 2 aliphatic carbocycles. The summed E-state index contributed by atoms with van der Waals surface area (Å²) in [5.74, 6) is 1.39. The molecule has 2 nitrogen and oxygen atoms in total. The summed E-state index contributed by atoms with van der Waals surface area (Å²) in [5, 5.41) is 1.23. The minimum absolute atomic E-state index is 0.295. The lowest BCUT2D eigenvalue weighted by molar-refractivity contribution is 0.386. The fourth-order valence-corrected chi connectivity index (χ4v) is 4.90. The maximum absolute atomic E-state index is 14.2. The highest BCUT2D eigenvalue weighted by molar-refractivity contribution is 5.99. The summed E-state index contributed by atoms with van der Waals surface area (Å²) in [6.45, 7) is 0. The molecule has 24 heavy (non-hydrogen) atoms. The highest BCUT2D eigenvalue weighted by Gasteiger charge is 2.39. The van der Waals surface area contributed by atoms with Crippen LogP contribution in [0, 0.1) is 5.82 Å². The standard InChI is InChI=1S/C21H20FNO/c1-23-8-7-15-16(13-5-6-19(24-2)18(22)10-13)11-17-12-3-4-14(9-12)20(17)21(15)23/h5-8,10-12,14H,3-4,9H2,1-2H3. The molecule has 2 aromatic carbocycles. The third kappa shape index (κ3) is 1.75. The first-order chi connectivity index (χ1) is 11.7. The third-order valence-electron chi connectivity index (χ3n) is 5.97. The van der Waals surface area contributed by atoms with Gasteiger partial charge in [-0.1, -0.05) is 6.07 Å². The van der Waals surface area contributed by atoms with Crippen LogP contribution in [0.5, 0.6) is 5.75 Å². The second-order valence-corrected chi connectivity index (χ2v) is 7.17. The molecular formula is C21H20FNO. The number of rotatable bonds is 2. The van der Waals surface area contributed by atoms with E-state index in [0.29, 0.717) is 17.6 Å². The number of ether oxygens (including phenoxy) is 1. The Morgan fingerprint density at radius 1 is 1.12 bits per heavy atom. The van der Waals surface area contributed by atoms with Gasteiger partial charge in [0.25, 0.3) is 0 Å². The topological polar surface area (TPSA) is 14.2 Å². The molecule has 0 radical (unpaired) electrons. The maximum Gasteiger partial charge on any atom is 0.165 e. The Bertz CT molecular complexity index is 972. The number of halogens is 1. The van der Waals surface area contributed by atoms with Crippen LogP contribution in [0.3, 0.4) is 0 Å². The summed E-state index contributed by atoms with van der Waals surface area (Å²) in [5.41, 5.74) is 6.44. The number of hydrogen-bond donors (Lipinski definition) is 0. The average Bonchev–Trinajstić information content (AvgIpc) is 3.29. The molecular weight excluding hydrogens is 301 g/mol. The molecule has 2 aliphatic rings. The number of aryl methyl sites for hydroxylation is 1. The quantitative estimate of drug-likeness (QED) is 0.620. The van der Waals surface area contributed by atoms with E-state index >= 15 is 0 Å². The van der Waals surface area contributed by atoms with Crippen molar-refractivity contribution in [1.82, 2.24) is 4.57 Å². The predicted octanol–water partition coefficient (Wildman–Crippen LogP) is 5.36. The molecule has 0 aliphatic heterocycles. The SMILES string of the molecule is COc1ccc(-c2cc3c(c4c2ccn4C)C2CCC3C2)cc1F. The summed E-state index contributed by atoms with van der Waals surface area (Å²) < 4.78 is 21.5. The van der Waals surface area contributed by atoms with Crippen molar-refractivity contribution in [3.05, 3.63) is 53.5 Å². The number of hydrogen-bond acceptors (Lipinski definition) is 1. The van der Waals surface area contributed by atoms with Gasteiger partial charge < -0.3 is 9.30 Å². The molecule has 0 amide bonds. The molecule has 122 valence electrons. The van der Waals surface area contributed by atoms with Crippen molar-refractivity contribution in [3.8, 4) is 16.9 Å². The van der Waals surface area contributed by atoms with Gasteiger partial charge in [0.15, 0.2) is 11.6 Å². The van der Waals surface area contributed by atoms with Crippen LogP contribution in [-0.4, -0.2) is 11.7 Å². The fourth-order valence-electron chi connectivity index (χ4n) is 4.90. The Balaban J connectivity index is 1.80. The molecule has 0 N–H and O–H groups in total. The Morgan fingerprint density at radius 2 is 1.96 bits per heavy atom. The molecule has 5 rings (SSSR count). The van der Waals surface area contributed by atoms with Gasteiger partial charge in [-0.15, -0.1) is 0 Å². The largest absolute Gasteiger partial charge is 0.494 e. The van der Waals surface area contributed by atoms with Crippen molar-refractivity contribution in [3.63, 3.8) is 0 Å². The molecule has 1 heterocycles. The van der Waals surface area contributed by atoms with Gasteiger partial charge in [0, 0.05) is 18.6 Å². The highest BCUT2D eigenvalue weighted by atomic mass is 19.1. The average molecular weight is 321 g/mol. The van der Waals surface area contributed by atoms with Crippen molar-refractivity contribution in [2.24, 2.45) is 7.05 Å². The zero-order valence-electron chi connectivity index (χ0n) is 14.0. The van der Waals surface area contributed by atoms with Gasteiger partial charge >= 0.3 is 0 Å². The number of benzene rings is 2. The normalized spacial score (nSPS) is 21.5. The van der Waals surface area contributed by atoms with Gasteiger partial charge in [0.05, 0.1) is 12.6 Å². The lowest BCUT2D eigenvalue weighted by atomic mass is 9.86. The fraction of sp³-hybridized carbons (Fsp3) is 0.333. The minimum atomic E-state index is -0.305. The van der Waals surface area contributed by atoms with Crippen LogP contribution in [0.1, 0.15) is 42.2 Å². The smallest absolute Gasteiger partial charge is 0.165 e. The van der Waals surface area contributed by atoms with Crippen LogP contribution in [-0.2, 0) is 7.05 Å². The Morgan fingerprint density at radius 3 is 2.75 bits per heavy atom. The third-order valence-corrected chi connectivity index (χ3v) is 5.97. The molecule has 2 atom stereocenters. The number of fused-ring (bicyclic) bond motifs is 7. The van der Waals surface area contributed by atoms with Crippen LogP contribution in [0.15, 0.2) is 36.5 Å². The number of nitrogens with zero attached hydrogens (tertiary/aromatic N) is 1. The maximum atomic E-state index is 14.2. The zero-order valence-corrected chi connectivity index (χ0v) is 14.0. The highest BCUT2D eigenvalue weighted by Crippen LogP contribution is 2.56. The summed E-state index contributed by atoms with van der Waals surface area (Å²) in [7, 11) is 3.62. The molecule has 3 heteroatoms. The molecule has 1 aromatic heterocycles. The van der Waals surface area contributed by atoms with Gasteiger partial charge in [0.1, 0.15) is 0 Å². The minimum Gasteiger partial charge on any atom is -0.494 e. The van der Waals surface area contributed by atoms with Crippen LogP contribution in [0.4, 0.5) is 4.39 Å². The van der Waals surface area contributed by atoms with Crippen molar-refractivity contribution in [2.75, 3.05) is 7.11 Å². The first-order valence-corrected chi connectivity index (χ1v) is 8.63. The molecule has 2 bridgehead atoms. The summed E-state index contributed by atoms with van der Waals surface area (Å²) in [6, 6.07) is 9.77. The second kappa shape index (κ2) is 4.85. The van der Waals surface area contributed by atoms with Crippen LogP contribution in [0.2, 0.25) is 0 Å².